The fraction of sp³-hybridized carbons (Fsp3) is 0.478. The van der Waals surface area contributed by atoms with E-state index >= 15 is 0 Å². The Balaban J connectivity index is 1.56. The Kier molecular flexibility index (Phi) is 5.74. The maximum Gasteiger partial charge on any atom is 0.272 e. The van der Waals surface area contributed by atoms with E-state index in [1.54, 1.807) is 12.3 Å². The van der Waals surface area contributed by atoms with Crippen LogP contribution in [0.1, 0.15) is 41.7 Å². The second kappa shape index (κ2) is 8.41. The molecule has 1 aromatic heterocycles. The SMILES string of the molecule is CCN(C[C@@H]1[C@@H](c2ccccc2)[C@@H](CO)N1CC1CC1)C(=O)c1ccccn1. The van der Waals surface area contributed by atoms with Gasteiger partial charge in [0.2, 0.25) is 0 Å². The van der Waals surface area contributed by atoms with Gasteiger partial charge in [-0.15, -0.1) is 0 Å². The number of likely N-dealkylation sites (tertiary alicyclic amines) is 1. The van der Waals surface area contributed by atoms with Crippen molar-refractivity contribution in [2.75, 3.05) is 26.2 Å². The third kappa shape index (κ3) is 3.82. The number of hydrogen-bond donors (Lipinski definition) is 1. The molecule has 1 N–H and O–H groups in total. The van der Waals surface area contributed by atoms with Crippen LogP contribution in [-0.4, -0.2) is 64.1 Å². The lowest BCUT2D eigenvalue weighted by atomic mass is 9.74. The zero-order valence-electron chi connectivity index (χ0n) is 16.4. The van der Waals surface area contributed by atoms with Crippen LogP contribution in [0.3, 0.4) is 0 Å². The Labute approximate surface area is 167 Å². The number of nitrogens with zero attached hydrogens (tertiary/aromatic N) is 3. The van der Waals surface area contributed by atoms with Crippen LogP contribution in [0, 0.1) is 5.92 Å². The van der Waals surface area contributed by atoms with Gasteiger partial charge in [0.25, 0.3) is 5.91 Å². The summed E-state index contributed by atoms with van der Waals surface area (Å²) in [5, 5.41) is 10.1. The lowest BCUT2D eigenvalue weighted by Crippen LogP contribution is -2.67. The van der Waals surface area contributed by atoms with E-state index in [0.717, 1.165) is 12.5 Å². The minimum absolute atomic E-state index is 0.0197. The van der Waals surface area contributed by atoms with Gasteiger partial charge in [-0.3, -0.25) is 14.7 Å². The Bertz CT molecular complexity index is 779. The molecule has 1 saturated heterocycles. The number of carbonyl (C=O) groups excluding carboxylic acids is 1. The third-order valence-corrected chi connectivity index (χ3v) is 6.18. The molecule has 5 heteroatoms. The van der Waals surface area contributed by atoms with Crippen LogP contribution in [0.2, 0.25) is 0 Å². The van der Waals surface area contributed by atoms with Crippen LogP contribution < -0.4 is 0 Å². The number of likely N-dealkylation sites (N-methyl/N-ethyl adjacent to an activating group) is 1. The van der Waals surface area contributed by atoms with E-state index in [9.17, 15) is 9.90 Å². The molecule has 0 bridgehead atoms. The average molecular weight is 380 g/mol. The molecule has 5 nitrogen and oxygen atoms in total. The second-order valence-corrected chi connectivity index (χ2v) is 7.95. The van der Waals surface area contributed by atoms with Crippen molar-refractivity contribution in [2.24, 2.45) is 5.92 Å². The molecule has 3 atom stereocenters. The average Bonchev–Trinajstić information content (AvgIpc) is 3.56. The van der Waals surface area contributed by atoms with Gasteiger partial charge in [0.15, 0.2) is 0 Å². The van der Waals surface area contributed by atoms with Crippen molar-refractivity contribution >= 4 is 5.91 Å². The monoisotopic (exact) mass is 379 g/mol. The lowest BCUT2D eigenvalue weighted by Gasteiger charge is -2.56. The van der Waals surface area contributed by atoms with Gasteiger partial charge < -0.3 is 10.0 Å². The van der Waals surface area contributed by atoms with E-state index in [1.807, 2.05) is 30.0 Å². The molecule has 0 unspecified atom stereocenters. The van der Waals surface area contributed by atoms with E-state index in [1.165, 1.54) is 18.4 Å². The smallest absolute Gasteiger partial charge is 0.272 e. The molecule has 2 aromatic rings. The Hall–Kier alpha value is -2.24. The van der Waals surface area contributed by atoms with Crippen molar-refractivity contribution < 1.29 is 9.90 Å². The third-order valence-electron chi connectivity index (χ3n) is 6.18. The normalized spacial score (nSPS) is 24.6. The Morgan fingerprint density at radius 2 is 1.89 bits per heavy atom. The molecule has 0 spiro atoms. The maximum absolute atomic E-state index is 13.0. The molecule has 4 rings (SSSR count). The first-order valence-corrected chi connectivity index (χ1v) is 10.3. The quantitative estimate of drug-likeness (QED) is 0.766. The highest BCUT2D eigenvalue weighted by molar-refractivity contribution is 5.92. The van der Waals surface area contributed by atoms with Gasteiger partial charge in [-0.1, -0.05) is 36.4 Å². The summed E-state index contributed by atoms with van der Waals surface area (Å²) < 4.78 is 0. The van der Waals surface area contributed by atoms with E-state index in [2.05, 4.69) is 34.1 Å². The largest absolute Gasteiger partial charge is 0.395 e. The molecule has 1 aliphatic heterocycles. The van der Waals surface area contributed by atoms with Crippen molar-refractivity contribution in [3.05, 3.63) is 66.0 Å². The minimum Gasteiger partial charge on any atom is -0.395 e. The summed E-state index contributed by atoms with van der Waals surface area (Å²) in [6.45, 7) is 4.51. The number of aromatic nitrogens is 1. The van der Waals surface area contributed by atoms with Crippen molar-refractivity contribution in [1.82, 2.24) is 14.8 Å². The molecular formula is C23H29N3O2. The zero-order chi connectivity index (χ0) is 19.5. The Morgan fingerprint density at radius 3 is 2.50 bits per heavy atom. The van der Waals surface area contributed by atoms with Crippen LogP contribution in [0.5, 0.6) is 0 Å². The van der Waals surface area contributed by atoms with E-state index in [-0.39, 0.29) is 30.5 Å². The summed E-state index contributed by atoms with van der Waals surface area (Å²) in [4.78, 5) is 21.6. The van der Waals surface area contributed by atoms with Crippen molar-refractivity contribution in [2.45, 2.75) is 37.8 Å². The number of carbonyl (C=O) groups is 1. The number of hydrogen-bond acceptors (Lipinski definition) is 4. The molecule has 1 amide bonds. The van der Waals surface area contributed by atoms with Gasteiger partial charge in [0.05, 0.1) is 6.61 Å². The fourth-order valence-electron chi connectivity index (χ4n) is 4.47. The van der Waals surface area contributed by atoms with Gasteiger partial charge in [0, 0.05) is 43.8 Å². The summed E-state index contributed by atoms with van der Waals surface area (Å²) in [6.07, 6.45) is 4.22. The summed E-state index contributed by atoms with van der Waals surface area (Å²) in [7, 11) is 0. The standard InChI is InChI=1S/C23H29N3O2/c1-2-25(23(28)19-10-6-7-13-24-19)15-20-22(18-8-4-3-5-9-18)21(16-27)26(20)14-17-11-12-17/h3-10,13,17,20-22,27H,2,11-12,14-16H2,1H3/t20-,21-,22-/m1/s1. The number of amides is 1. The van der Waals surface area contributed by atoms with Crippen molar-refractivity contribution in [3.8, 4) is 0 Å². The van der Waals surface area contributed by atoms with Crippen molar-refractivity contribution in [3.63, 3.8) is 0 Å². The highest BCUT2D eigenvalue weighted by atomic mass is 16.3. The molecule has 2 fully saturated rings. The molecule has 148 valence electrons. The number of aliphatic hydroxyl groups is 1. The molecule has 0 radical (unpaired) electrons. The van der Waals surface area contributed by atoms with E-state index < -0.39 is 0 Å². The zero-order valence-corrected chi connectivity index (χ0v) is 16.4. The summed E-state index contributed by atoms with van der Waals surface area (Å²) in [6, 6.07) is 16.2. The maximum atomic E-state index is 13.0. The van der Waals surface area contributed by atoms with E-state index in [0.29, 0.717) is 18.8 Å². The predicted octanol–water partition coefficient (Wildman–Crippen LogP) is 2.78. The highest BCUT2D eigenvalue weighted by Crippen LogP contribution is 2.44. The first-order chi connectivity index (χ1) is 13.7. The first kappa shape index (κ1) is 19.1. The molecule has 1 aliphatic carbocycles. The first-order valence-electron chi connectivity index (χ1n) is 10.3. The van der Waals surface area contributed by atoms with Crippen LogP contribution in [0.4, 0.5) is 0 Å². The van der Waals surface area contributed by atoms with Gasteiger partial charge in [-0.25, -0.2) is 0 Å². The molecule has 1 saturated carbocycles. The van der Waals surface area contributed by atoms with Gasteiger partial charge >= 0.3 is 0 Å². The number of benzene rings is 1. The summed E-state index contributed by atoms with van der Waals surface area (Å²) in [5.41, 5.74) is 1.74. The van der Waals surface area contributed by atoms with Crippen LogP contribution in [0.25, 0.3) is 0 Å². The van der Waals surface area contributed by atoms with Gasteiger partial charge in [-0.05, 0) is 43.4 Å². The van der Waals surface area contributed by atoms with Crippen LogP contribution >= 0.6 is 0 Å². The number of aliphatic hydroxyl groups excluding tert-OH is 1. The van der Waals surface area contributed by atoms with Crippen molar-refractivity contribution in [1.29, 1.82) is 0 Å². The summed E-state index contributed by atoms with van der Waals surface area (Å²) >= 11 is 0. The van der Waals surface area contributed by atoms with Crippen LogP contribution in [-0.2, 0) is 0 Å². The lowest BCUT2D eigenvalue weighted by molar-refractivity contribution is -0.0561. The predicted molar refractivity (Wildman–Crippen MR) is 109 cm³/mol. The van der Waals surface area contributed by atoms with Crippen LogP contribution in [0.15, 0.2) is 54.7 Å². The summed E-state index contributed by atoms with van der Waals surface area (Å²) in [5.74, 6) is 0.971. The Morgan fingerprint density at radius 1 is 1.14 bits per heavy atom. The molecule has 2 aliphatic rings. The topological polar surface area (TPSA) is 56.7 Å². The molecule has 2 heterocycles. The second-order valence-electron chi connectivity index (χ2n) is 7.95. The van der Waals surface area contributed by atoms with Gasteiger partial charge in [-0.2, -0.15) is 0 Å². The minimum atomic E-state index is -0.0197. The number of pyridine rings is 1. The van der Waals surface area contributed by atoms with E-state index in [4.69, 9.17) is 0 Å². The molecule has 1 aromatic carbocycles. The highest BCUT2D eigenvalue weighted by Gasteiger charge is 2.50. The fourth-order valence-corrected chi connectivity index (χ4v) is 4.47. The molecule has 28 heavy (non-hydrogen) atoms. The van der Waals surface area contributed by atoms with Gasteiger partial charge in [0.1, 0.15) is 5.69 Å². The molecular weight excluding hydrogens is 350 g/mol. The number of rotatable bonds is 8.